The molecule has 1 fully saturated rings. The van der Waals surface area contributed by atoms with Gasteiger partial charge in [-0.1, -0.05) is 18.2 Å². The summed E-state index contributed by atoms with van der Waals surface area (Å²) in [5.41, 5.74) is 0.347. The lowest BCUT2D eigenvalue weighted by atomic mass is 10.0. The first kappa shape index (κ1) is 14.3. The van der Waals surface area contributed by atoms with Crippen molar-refractivity contribution in [2.24, 2.45) is 0 Å². The van der Waals surface area contributed by atoms with Gasteiger partial charge in [0.1, 0.15) is 0 Å². The maximum absolute atomic E-state index is 12.7. The van der Waals surface area contributed by atoms with Crippen molar-refractivity contribution < 1.29 is 9.59 Å². The molecule has 2 aromatic rings. The second-order valence-corrected chi connectivity index (χ2v) is 6.18. The zero-order valence-electron chi connectivity index (χ0n) is 11.9. The van der Waals surface area contributed by atoms with Gasteiger partial charge in [-0.3, -0.25) is 9.69 Å². The summed E-state index contributed by atoms with van der Waals surface area (Å²) in [5, 5.41) is 13.4. The molecule has 1 aromatic carbocycles. The Morgan fingerprint density at radius 2 is 2.00 bits per heavy atom. The molecule has 6 heteroatoms. The molecule has 1 aliphatic heterocycles. The highest BCUT2D eigenvalue weighted by atomic mass is 32.1. The van der Waals surface area contributed by atoms with Crippen LogP contribution in [0, 0.1) is 11.3 Å². The lowest BCUT2D eigenvalue weighted by Crippen LogP contribution is -2.40. The number of carbonyl (C=O) groups is 2. The van der Waals surface area contributed by atoms with Crippen LogP contribution in [0.4, 0.5) is 4.79 Å². The van der Waals surface area contributed by atoms with E-state index in [0.29, 0.717) is 5.56 Å². The van der Waals surface area contributed by atoms with Crippen LogP contribution < -0.4 is 5.32 Å². The summed E-state index contributed by atoms with van der Waals surface area (Å²) < 4.78 is 0. The molecule has 0 spiro atoms. The fourth-order valence-electron chi connectivity index (χ4n) is 2.44. The van der Waals surface area contributed by atoms with Gasteiger partial charge in [-0.25, -0.2) is 4.79 Å². The Hall–Kier alpha value is -2.65. The highest BCUT2D eigenvalue weighted by molar-refractivity contribution is 7.10. The summed E-state index contributed by atoms with van der Waals surface area (Å²) in [5.74, 6) is -0.260. The number of nitrogens with zero attached hydrogens (tertiary/aromatic N) is 2. The van der Waals surface area contributed by atoms with Crippen molar-refractivity contribution in [2.45, 2.75) is 19.0 Å². The van der Waals surface area contributed by atoms with Crippen molar-refractivity contribution in [3.63, 3.8) is 0 Å². The quantitative estimate of drug-likeness (QED) is 0.885. The van der Waals surface area contributed by atoms with Gasteiger partial charge < -0.3 is 5.32 Å². The van der Waals surface area contributed by atoms with Crippen LogP contribution in [0.5, 0.6) is 0 Å². The molecule has 3 rings (SSSR count). The summed E-state index contributed by atoms with van der Waals surface area (Å²) >= 11 is 1.44. The lowest BCUT2D eigenvalue weighted by Gasteiger charge is -2.20. The monoisotopic (exact) mass is 311 g/mol. The van der Waals surface area contributed by atoms with Crippen LogP contribution in [0.2, 0.25) is 0 Å². The fourth-order valence-corrected chi connectivity index (χ4v) is 3.27. The van der Waals surface area contributed by atoms with E-state index in [-0.39, 0.29) is 12.5 Å². The first-order valence-corrected chi connectivity index (χ1v) is 7.60. The second kappa shape index (κ2) is 5.28. The van der Waals surface area contributed by atoms with E-state index in [4.69, 9.17) is 5.26 Å². The van der Waals surface area contributed by atoms with Gasteiger partial charge in [-0.15, -0.1) is 11.3 Å². The van der Waals surface area contributed by atoms with Crippen molar-refractivity contribution in [1.29, 1.82) is 5.26 Å². The summed E-state index contributed by atoms with van der Waals surface area (Å²) in [6, 6.07) is 12.2. The number of imide groups is 1. The number of hydrogen-bond donors (Lipinski definition) is 1. The molecule has 5 nitrogen and oxygen atoms in total. The minimum Gasteiger partial charge on any atom is -0.319 e. The van der Waals surface area contributed by atoms with Crippen LogP contribution in [-0.2, 0) is 16.9 Å². The molecule has 0 saturated carbocycles. The van der Waals surface area contributed by atoms with E-state index in [1.54, 1.807) is 31.2 Å². The van der Waals surface area contributed by atoms with Crippen LogP contribution >= 0.6 is 11.3 Å². The highest BCUT2D eigenvalue weighted by Gasteiger charge is 2.49. The third kappa shape index (κ3) is 2.26. The molecule has 110 valence electrons. The summed E-state index contributed by atoms with van der Waals surface area (Å²) in [6.07, 6.45) is 0. The molecule has 22 heavy (non-hydrogen) atoms. The van der Waals surface area contributed by atoms with Gasteiger partial charge in [0.15, 0.2) is 5.54 Å². The Labute approximate surface area is 131 Å². The number of thiophene rings is 1. The van der Waals surface area contributed by atoms with Crippen molar-refractivity contribution >= 4 is 23.3 Å². The van der Waals surface area contributed by atoms with E-state index in [9.17, 15) is 9.59 Å². The molecule has 0 unspecified atom stereocenters. The molecular formula is C16H13N3O2S. The normalized spacial score (nSPS) is 20.8. The molecule has 2 heterocycles. The first-order chi connectivity index (χ1) is 10.5. The van der Waals surface area contributed by atoms with Crippen LogP contribution in [0.15, 0.2) is 41.8 Å². The number of benzene rings is 1. The molecule has 3 amide bonds. The first-order valence-electron chi connectivity index (χ1n) is 6.72. The van der Waals surface area contributed by atoms with E-state index < -0.39 is 11.6 Å². The van der Waals surface area contributed by atoms with Gasteiger partial charge in [0, 0.05) is 4.88 Å². The summed E-state index contributed by atoms with van der Waals surface area (Å²) in [7, 11) is 0. The molecule has 1 aliphatic rings. The predicted octanol–water partition coefficient (Wildman–Crippen LogP) is 2.59. The van der Waals surface area contributed by atoms with Gasteiger partial charge >= 0.3 is 6.03 Å². The zero-order chi connectivity index (χ0) is 15.7. The van der Waals surface area contributed by atoms with E-state index in [1.807, 2.05) is 23.6 Å². The maximum atomic E-state index is 12.7. The minimum atomic E-state index is -1.00. The smallest absolute Gasteiger partial charge is 0.319 e. The molecule has 1 atom stereocenters. The van der Waals surface area contributed by atoms with Gasteiger partial charge in [0.05, 0.1) is 18.2 Å². The summed E-state index contributed by atoms with van der Waals surface area (Å²) in [4.78, 5) is 26.9. The van der Waals surface area contributed by atoms with Crippen LogP contribution in [0.25, 0.3) is 0 Å². The number of hydrogen-bond acceptors (Lipinski definition) is 4. The Bertz CT molecular complexity index is 762. The Morgan fingerprint density at radius 1 is 1.27 bits per heavy atom. The lowest BCUT2D eigenvalue weighted by molar-refractivity contribution is -0.131. The predicted molar refractivity (Wildman–Crippen MR) is 81.9 cm³/mol. The average Bonchev–Trinajstić information content (AvgIpc) is 3.13. The van der Waals surface area contributed by atoms with Gasteiger partial charge in [0.25, 0.3) is 5.91 Å². The SMILES string of the molecule is C[C@]1(c2cccs2)NC(=O)N(Cc2ccc(C#N)cc2)C1=O. The average molecular weight is 311 g/mol. The van der Waals surface area contributed by atoms with Gasteiger partial charge in [-0.2, -0.15) is 5.26 Å². The summed E-state index contributed by atoms with van der Waals surface area (Å²) in [6.45, 7) is 1.91. The highest BCUT2D eigenvalue weighted by Crippen LogP contribution is 2.32. The molecule has 0 radical (unpaired) electrons. The number of nitrogens with one attached hydrogen (secondary N) is 1. The molecule has 1 aromatic heterocycles. The molecule has 0 bridgehead atoms. The van der Waals surface area contributed by atoms with Crippen LogP contribution in [0.1, 0.15) is 22.9 Å². The van der Waals surface area contributed by atoms with Crippen molar-refractivity contribution in [3.8, 4) is 6.07 Å². The van der Waals surface area contributed by atoms with E-state index in [0.717, 1.165) is 10.4 Å². The standard InChI is InChI=1S/C16H13N3O2S/c1-16(13-3-2-8-22-13)14(20)19(15(21)18-16)10-12-6-4-11(9-17)5-7-12/h2-8H,10H2,1H3,(H,18,21)/t16-/m1/s1. The van der Waals surface area contributed by atoms with Crippen molar-refractivity contribution in [2.75, 3.05) is 0 Å². The molecule has 1 N–H and O–H groups in total. The van der Waals surface area contributed by atoms with Gasteiger partial charge in [-0.05, 0) is 36.1 Å². The fraction of sp³-hybridized carbons (Fsp3) is 0.188. The number of carbonyl (C=O) groups excluding carboxylic acids is 2. The third-order valence-corrected chi connectivity index (χ3v) is 4.80. The largest absolute Gasteiger partial charge is 0.325 e. The zero-order valence-corrected chi connectivity index (χ0v) is 12.7. The molecule has 0 aliphatic carbocycles. The van der Waals surface area contributed by atoms with Crippen LogP contribution in [0.3, 0.4) is 0 Å². The van der Waals surface area contributed by atoms with E-state index in [1.165, 1.54) is 16.2 Å². The van der Waals surface area contributed by atoms with Crippen molar-refractivity contribution in [3.05, 3.63) is 57.8 Å². The van der Waals surface area contributed by atoms with Crippen molar-refractivity contribution in [1.82, 2.24) is 10.2 Å². The second-order valence-electron chi connectivity index (χ2n) is 5.23. The Balaban J connectivity index is 1.84. The number of amides is 3. The van der Waals surface area contributed by atoms with E-state index in [2.05, 4.69) is 5.32 Å². The molecular weight excluding hydrogens is 298 g/mol. The number of urea groups is 1. The number of rotatable bonds is 3. The number of nitriles is 1. The third-order valence-electron chi connectivity index (χ3n) is 3.71. The molecule has 1 saturated heterocycles. The Morgan fingerprint density at radius 3 is 2.59 bits per heavy atom. The minimum absolute atomic E-state index is 0.192. The maximum Gasteiger partial charge on any atom is 0.325 e. The topological polar surface area (TPSA) is 73.2 Å². The van der Waals surface area contributed by atoms with Crippen LogP contribution in [-0.4, -0.2) is 16.8 Å². The van der Waals surface area contributed by atoms with E-state index >= 15 is 0 Å². The van der Waals surface area contributed by atoms with Gasteiger partial charge in [0.2, 0.25) is 0 Å². The Kier molecular flexibility index (Phi) is 3.43.